The summed E-state index contributed by atoms with van der Waals surface area (Å²) in [6.07, 6.45) is -3.25. The summed E-state index contributed by atoms with van der Waals surface area (Å²) in [5.74, 6) is -0.737. The standard InChI is InChI=1S/C21H26F3N3O4S/c1-30-11-3-9-25-19(28)17-14-32-18(26-17)13-27(10-4-12-31-2)20(29)15-5-7-16(8-6-15)21(22,23)24/h5-8,14H,3-4,9-13H2,1-2H3,(H,25,28). The fourth-order valence-corrected chi connectivity index (χ4v) is 3.59. The number of carbonyl (C=O) groups is 2. The van der Waals surface area contributed by atoms with Crippen molar-refractivity contribution in [2.24, 2.45) is 0 Å². The van der Waals surface area contributed by atoms with Gasteiger partial charge in [-0.2, -0.15) is 13.2 Å². The van der Waals surface area contributed by atoms with E-state index in [2.05, 4.69) is 10.3 Å². The van der Waals surface area contributed by atoms with Crippen LogP contribution < -0.4 is 5.32 Å². The molecule has 0 saturated carbocycles. The van der Waals surface area contributed by atoms with Crippen molar-refractivity contribution in [1.82, 2.24) is 15.2 Å². The van der Waals surface area contributed by atoms with Gasteiger partial charge in [0.1, 0.15) is 10.7 Å². The normalized spacial score (nSPS) is 11.4. The summed E-state index contributed by atoms with van der Waals surface area (Å²) < 4.78 is 48.4. The van der Waals surface area contributed by atoms with Gasteiger partial charge in [-0.1, -0.05) is 0 Å². The van der Waals surface area contributed by atoms with E-state index in [4.69, 9.17) is 9.47 Å². The highest BCUT2D eigenvalue weighted by Gasteiger charge is 2.30. The smallest absolute Gasteiger partial charge is 0.385 e. The van der Waals surface area contributed by atoms with E-state index in [1.807, 2.05) is 0 Å². The van der Waals surface area contributed by atoms with Gasteiger partial charge in [-0.3, -0.25) is 9.59 Å². The average molecular weight is 474 g/mol. The van der Waals surface area contributed by atoms with E-state index in [0.29, 0.717) is 44.2 Å². The zero-order chi connectivity index (χ0) is 23.6. The number of hydrogen-bond donors (Lipinski definition) is 1. The molecular formula is C21H26F3N3O4S. The molecule has 2 rings (SSSR count). The predicted octanol–water partition coefficient (Wildman–Crippen LogP) is 3.61. The van der Waals surface area contributed by atoms with Crippen molar-refractivity contribution in [1.29, 1.82) is 0 Å². The van der Waals surface area contributed by atoms with Crippen LogP contribution in [0.2, 0.25) is 0 Å². The van der Waals surface area contributed by atoms with Crippen LogP contribution in [-0.4, -0.2) is 62.2 Å². The molecule has 11 heteroatoms. The minimum absolute atomic E-state index is 0.130. The molecule has 0 aliphatic heterocycles. The summed E-state index contributed by atoms with van der Waals surface area (Å²) in [7, 11) is 3.12. The Morgan fingerprint density at radius 2 is 1.75 bits per heavy atom. The molecule has 176 valence electrons. The lowest BCUT2D eigenvalue weighted by Crippen LogP contribution is -2.32. The van der Waals surface area contributed by atoms with Gasteiger partial charge >= 0.3 is 6.18 Å². The van der Waals surface area contributed by atoms with Crippen LogP contribution in [0.3, 0.4) is 0 Å². The number of thiazole rings is 1. The highest BCUT2D eigenvalue weighted by atomic mass is 32.1. The molecule has 7 nitrogen and oxygen atoms in total. The molecule has 0 saturated heterocycles. The Balaban J connectivity index is 2.08. The summed E-state index contributed by atoms with van der Waals surface area (Å²) >= 11 is 1.24. The van der Waals surface area contributed by atoms with Crippen LogP contribution in [-0.2, 0) is 22.2 Å². The van der Waals surface area contributed by atoms with Gasteiger partial charge in [0.15, 0.2) is 0 Å². The summed E-state index contributed by atoms with van der Waals surface area (Å²) in [4.78, 5) is 30.9. The SMILES string of the molecule is COCCCNC(=O)c1csc(CN(CCCOC)C(=O)c2ccc(C(F)(F)F)cc2)n1. The lowest BCUT2D eigenvalue weighted by atomic mass is 10.1. The number of nitrogens with one attached hydrogen (secondary N) is 1. The predicted molar refractivity (Wildman–Crippen MR) is 114 cm³/mol. The van der Waals surface area contributed by atoms with Gasteiger partial charge < -0.3 is 19.7 Å². The largest absolute Gasteiger partial charge is 0.416 e. The first-order valence-corrected chi connectivity index (χ1v) is 10.8. The third-order valence-electron chi connectivity index (χ3n) is 4.44. The van der Waals surface area contributed by atoms with E-state index >= 15 is 0 Å². The molecule has 1 N–H and O–H groups in total. The molecule has 1 aromatic carbocycles. The minimum atomic E-state index is -4.47. The number of aromatic nitrogens is 1. The Labute approximate surface area is 188 Å². The van der Waals surface area contributed by atoms with Gasteiger partial charge in [0.05, 0.1) is 12.1 Å². The molecule has 0 unspecified atom stereocenters. The molecule has 2 aromatic rings. The van der Waals surface area contributed by atoms with Gasteiger partial charge in [-0.25, -0.2) is 4.98 Å². The summed E-state index contributed by atoms with van der Waals surface area (Å²) in [6.45, 7) is 1.86. The molecule has 2 amide bonds. The second-order valence-electron chi connectivity index (χ2n) is 6.88. The number of methoxy groups -OCH3 is 2. The van der Waals surface area contributed by atoms with Crippen LogP contribution in [0.5, 0.6) is 0 Å². The van der Waals surface area contributed by atoms with Crippen LogP contribution in [0.15, 0.2) is 29.6 Å². The van der Waals surface area contributed by atoms with Crippen LogP contribution >= 0.6 is 11.3 Å². The molecule has 1 aromatic heterocycles. The minimum Gasteiger partial charge on any atom is -0.385 e. The lowest BCUT2D eigenvalue weighted by Gasteiger charge is -2.22. The van der Waals surface area contributed by atoms with Gasteiger partial charge in [-0.05, 0) is 37.1 Å². The third kappa shape index (κ3) is 7.88. The third-order valence-corrected chi connectivity index (χ3v) is 5.28. The van der Waals surface area contributed by atoms with Gasteiger partial charge in [-0.15, -0.1) is 11.3 Å². The van der Waals surface area contributed by atoms with Crippen LogP contribution in [0.25, 0.3) is 0 Å². The van der Waals surface area contributed by atoms with Crippen molar-refractivity contribution in [3.63, 3.8) is 0 Å². The molecule has 0 aliphatic carbocycles. The van der Waals surface area contributed by atoms with Crippen molar-refractivity contribution in [3.8, 4) is 0 Å². The Kier molecular flexibility index (Phi) is 10.1. The first-order valence-electron chi connectivity index (χ1n) is 9.93. The summed E-state index contributed by atoms with van der Waals surface area (Å²) in [5.41, 5.74) is -0.426. The second-order valence-corrected chi connectivity index (χ2v) is 7.82. The van der Waals surface area contributed by atoms with Crippen molar-refractivity contribution in [2.45, 2.75) is 25.6 Å². The number of ether oxygens (including phenoxy) is 2. The highest BCUT2D eigenvalue weighted by Crippen LogP contribution is 2.29. The maximum Gasteiger partial charge on any atom is 0.416 e. The van der Waals surface area contributed by atoms with E-state index in [0.717, 1.165) is 24.3 Å². The first-order chi connectivity index (χ1) is 15.3. The number of amides is 2. The summed E-state index contributed by atoms with van der Waals surface area (Å²) in [6, 6.07) is 4.09. The van der Waals surface area contributed by atoms with Gasteiger partial charge in [0.25, 0.3) is 11.8 Å². The van der Waals surface area contributed by atoms with Crippen LogP contribution in [0.4, 0.5) is 13.2 Å². The molecular weight excluding hydrogens is 447 g/mol. The molecule has 0 radical (unpaired) electrons. The van der Waals surface area contributed by atoms with Crippen molar-refractivity contribution in [3.05, 3.63) is 51.5 Å². The summed E-state index contributed by atoms with van der Waals surface area (Å²) in [5, 5.41) is 4.90. The number of hydrogen-bond acceptors (Lipinski definition) is 6. The fourth-order valence-electron chi connectivity index (χ4n) is 2.80. The molecule has 0 fully saturated rings. The number of carbonyl (C=O) groups excluding carboxylic acids is 2. The number of nitrogens with zero attached hydrogens (tertiary/aromatic N) is 2. The Morgan fingerprint density at radius 1 is 1.09 bits per heavy atom. The monoisotopic (exact) mass is 473 g/mol. The Hall–Kier alpha value is -2.50. The number of rotatable bonds is 12. The zero-order valence-electron chi connectivity index (χ0n) is 17.9. The Bertz CT molecular complexity index is 872. The zero-order valence-corrected chi connectivity index (χ0v) is 18.7. The first kappa shape index (κ1) is 25.8. The quantitative estimate of drug-likeness (QED) is 0.477. The van der Waals surface area contributed by atoms with E-state index in [1.54, 1.807) is 19.6 Å². The van der Waals surface area contributed by atoms with Crippen molar-refractivity contribution < 1.29 is 32.2 Å². The van der Waals surface area contributed by atoms with Crippen LogP contribution in [0.1, 0.15) is 44.3 Å². The molecule has 0 aliphatic rings. The topological polar surface area (TPSA) is 80.8 Å². The lowest BCUT2D eigenvalue weighted by molar-refractivity contribution is -0.137. The number of halogens is 3. The van der Waals surface area contributed by atoms with Crippen molar-refractivity contribution in [2.75, 3.05) is 40.5 Å². The fraction of sp³-hybridized carbons (Fsp3) is 0.476. The Morgan fingerprint density at radius 3 is 2.38 bits per heavy atom. The number of alkyl halides is 3. The molecule has 1 heterocycles. The maximum absolute atomic E-state index is 12.9. The van der Waals surface area contributed by atoms with E-state index in [-0.39, 0.29) is 23.7 Å². The van der Waals surface area contributed by atoms with E-state index in [9.17, 15) is 22.8 Å². The highest BCUT2D eigenvalue weighted by molar-refractivity contribution is 7.09. The molecule has 0 spiro atoms. The van der Waals surface area contributed by atoms with Crippen molar-refractivity contribution >= 4 is 23.2 Å². The molecule has 0 bridgehead atoms. The maximum atomic E-state index is 12.9. The van der Waals surface area contributed by atoms with Crippen LogP contribution in [0, 0.1) is 0 Å². The van der Waals surface area contributed by atoms with Gasteiger partial charge in [0, 0.05) is 51.5 Å². The average Bonchev–Trinajstić information content (AvgIpc) is 3.24. The van der Waals surface area contributed by atoms with Gasteiger partial charge in [0.2, 0.25) is 0 Å². The second kappa shape index (κ2) is 12.5. The van der Waals surface area contributed by atoms with E-state index < -0.39 is 17.6 Å². The van der Waals surface area contributed by atoms with E-state index in [1.165, 1.54) is 16.2 Å². The molecule has 32 heavy (non-hydrogen) atoms. The number of benzene rings is 1. The molecule has 0 atom stereocenters.